The van der Waals surface area contributed by atoms with Crippen molar-refractivity contribution in [3.05, 3.63) is 65.1 Å². The summed E-state index contributed by atoms with van der Waals surface area (Å²) in [4.78, 5) is 30.7. The molecule has 1 saturated heterocycles. The van der Waals surface area contributed by atoms with Crippen LogP contribution in [-0.4, -0.2) is 52.2 Å². The second kappa shape index (κ2) is 9.18. The fourth-order valence-corrected chi connectivity index (χ4v) is 4.61. The standard InChI is InChI=1S/C23H22N6O3S/c1-4-20(30)28-12-14(11-15(28)13-32-3)29-23(25-2)21(22(24)31)17(27-29)9-10-19-26-16-7-5-6-8-18(16)33-19/h4-8,13-14,25H,1,11-12H2,2-3H3,(H2,24,31)/b15-13+/t14-/m0/s1. The Hall–Kier alpha value is -4.10. The van der Waals surface area contributed by atoms with Crippen LogP contribution in [0.4, 0.5) is 5.82 Å². The number of primary amides is 1. The molecule has 0 aliphatic carbocycles. The van der Waals surface area contributed by atoms with Gasteiger partial charge in [-0.1, -0.05) is 18.7 Å². The molecule has 1 fully saturated rings. The molecule has 0 radical (unpaired) electrons. The number of rotatable bonds is 5. The first-order chi connectivity index (χ1) is 16.0. The lowest BCUT2D eigenvalue weighted by atomic mass is 10.2. The number of methoxy groups -OCH3 is 1. The Kier molecular flexibility index (Phi) is 6.15. The Labute approximate surface area is 194 Å². The third-order valence-electron chi connectivity index (χ3n) is 5.20. The summed E-state index contributed by atoms with van der Waals surface area (Å²) in [5, 5.41) is 8.22. The molecule has 0 saturated carbocycles. The number of benzene rings is 1. The van der Waals surface area contributed by atoms with Gasteiger partial charge in [0, 0.05) is 20.0 Å². The van der Waals surface area contributed by atoms with Gasteiger partial charge in [-0.2, -0.15) is 5.10 Å². The number of hydrogen-bond donors (Lipinski definition) is 2. The summed E-state index contributed by atoms with van der Waals surface area (Å²) in [5.74, 6) is 5.51. The van der Waals surface area contributed by atoms with Crippen LogP contribution in [0.25, 0.3) is 10.2 Å². The maximum Gasteiger partial charge on any atom is 0.255 e. The highest BCUT2D eigenvalue weighted by molar-refractivity contribution is 7.19. The number of para-hydroxylation sites is 1. The quantitative estimate of drug-likeness (QED) is 0.342. The van der Waals surface area contributed by atoms with Gasteiger partial charge in [-0.05, 0) is 30.0 Å². The lowest BCUT2D eigenvalue weighted by Crippen LogP contribution is -2.27. The van der Waals surface area contributed by atoms with Gasteiger partial charge < -0.3 is 20.7 Å². The minimum Gasteiger partial charge on any atom is -0.503 e. The number of fused-ring (bicyclic) bond motifs is 1. The SMILES string of the molecule is C=CC(=O)N1C[C@@H](n2nc(C#Cc3nc4ccccc4s3)c(C(N)=O)c2NC)C/C1=C\OC. The lowest BCUT2D eigenvalue weighted by Gasteiger charge is -2.16. The Morgan fingerprint density at radius 1 is 1.36 bits per heavy atom. The zero-order valence-electron chi connectivity index (χ0n) is 18.2. The van der Waals surface area contributed by atoms with E-state index in [1.54, 1.807) is 16.6 Å². The molecule has 1 aliphatic heterocycles. The summed E-state index contributed by atoms with van der Waals surface area (Å²) in [6, 6.07) is 7.50. The molecule has 33 heavy (non-hydrogen) atoms. The average Bonchev–Trinajstić information content (AvgIpc) is 3.51. The van der Waals surface area contributed by atoms with Crippen LogP contribution in [0.1, 0.15) is 33.5 Å². The van der Waals surface area contributed by atoms with Gasteiger partial charge in [0.15, 0.2) is 10.7 Å². The molecule has 0 spiro atoms. The smallest absolute Gasteiger partial charge is 0.255 e. The summed E-state index contributed by atoms with van der Waals surface area (Å²) >= 11 is 1.46. The van der Waals surface area contributed by atoms with Gasteiger partial charge in [-0.3, -0.25) is 9.59 Å². The van der Waals surface area contributed by atoms with E-state index in [1.165, 1.54) is 30.8 Å². The highest BCUT2D eigenvalue weighted by Crippen LogP contribution is 2.34. The van der Waals surface area contributed by atoms with Gasteiger partial charge in [0.2, 0.25) is 5.91 Å². The third-order valence-corrected chi connectivity index (χ3v) is 6.15. The molecule has 3 N–H and O–H groups in total. The van der Waals surface area contributed by atoms with E-state index in [9.17, 15) is 9.59 Å². The second-order valence-corrected chi connectivity index (χ2v) is 8.25. The van der Waals surface area contributed by atoms with E-state index in [1.807, 2.05) is 24.3 Å². The lowest BCUT2D eigenvalue weighted by molar-refractivity contribution is -0.123. The normalized spacial score (nSPS) is 16.5. The van der Waals surface area contributed by atoms with Crippen LogP contribution in [0.15, 0.2) is 48.9 Å². The molecule has 3 heterocycles. The molecule has 1 aromatic carbocycles. The highest BCUT2D eigenvalue weighted by Gasteiger charge is 2.35. The van der Waals surface area contributed by atoms with Crippen molar-refractivity contribution in [1.29, 1.82) is 0 Å². The van der Waals surface area contributed by atoms with E-state index in [4.69, 9.17) is 10.5 Å². The van der Waals surface area contributed by atoms with Crippen molar-refractivity contribution in [2.75, 3.05) is 26.0 Å². The number of amides is 2. The Bertz CT molecular complexity index is 1310. The molecular formula is C23H22N6O3S. The molecule has 1 atom stereocenters. The first-order valence-corrected chi connectivity index (χ1v) is 10.9. The maximum atomic E-state index is 12.3. The van der Waals surface area contributed by atoms with Crippen molar-refractivity contribution >= 4 is 39.2 Å². The molecule has 168 valence electrons. The van der Waals surface area contributed by atoms with Crippen LogP contribution in [0, 0.1) is 11.8 Å². The number of nitrogens with zero attached hydrogens (tertiary/aromatic N) is 4. The van der Waals surface area contributed by atoms with E-state index in [0.717, 1.165) is 10.2 Å². The van der Waals surface area contributed by atoms with E-state index >= 15 is 0 Å². The van der Waals surface area contributed by atoms with E-state index in [2.05, 4.69) is 33.8 Å². The minimum atomic E-state index is -0.649. The molecule has 2 amide bonds. The highest BCUT2D eigenvalue weighted by atomic mass is 32.1. The van der Waals surface area contributed by atoms with E-state index in [-0.39, 0.29) is 23.2 Å². The average molecular weight is 463 g/mol. The fourth-order valence-electron chi connectivity index (χ4n) is 3.79. The molecule has 1 aliphatic rings. The van der Waals surface area contributed by atoms with Crippen LogP contribution < -0.4 is 11.1 Å². The molecule has 9 nitrogen and oxygen atoms in total. The first-order valence-electron chi connectivity index (χ1n) is 10.1. The number of likely N-dealkylation sites (tertiary alicyclic amines) is 1. The first kappa shape index (κ1) is 22.1. The van der Waals surface area contributed by atoms with Crippen molar-refractivity contribution in [3.63, 3.8) is 0 Å². The molecule has 0 bridgehead atoms. The Morgan fingerprint density at radius 3 is 2.82 bits per heavy atom. The van der Waals surface area contributed by atoms with Crippen molar-refractivity contribution in [2.24, 2.45) is 5.73 Å². The molecule has 10 heteroatoms. The summed E-state index contributed by atoms with van der Waals surface area (Å²) in [5.41, 5.74) is 7.67. The molecule has 2 aromatic heterocycles. The Balaban J connectivity index is 1.75. The van der Waals surface area contributed by atoms with Crippen LogP contribution in [0.2, 0.25) is 0 Å². The molecular weight excluding hydrogens is 440 g/mol. The summed E-state index contributed by atoms with van der Waals surface area (Å²) < 4.78 is 7.81. The number of hydrogen-bond acceptors (Lipinski definition) is 7. The van der Waals surface area contributed by atoms with Crippen molar-refractivity contribution in [3.8, 4) is 11.8 Å². The number of aromatic nitrogens is 3. The minimum absolute atomic E-state index is 0.192. The number of carbonyl (C=O) groups is 2. The van der Waals surface area contributed by atoms with Gasteiger partial charge >= 0.3 is 0 Å². The monoisotopic (exact) mass is 462 g/mol. The Morgan fingerprint density at radius 2 is 2.15 bits per heavy atom. The fraction of sp³-hybridized carbons (Fsp3) is 0.217. The van der Waals surface area contributed by atoms with Crippen molar-refractivity contribution < 1.29 is 14.3 Å². The zero-order valence-corrected chi connectivity index (χ0v) is 19.0. The van der Waals surface area contributed by atoms with Gasteiger partial charge in [-0.25, -0.2) is 9.67 Å². The topological polar surface area (TPSA) is 115 Å². The van der Waals surface area contributed by atoms with Gasteiger partial charge in [0.05, 0.1) is 29.1 Å². The van der Waals surface area contributed by atoms with E-state index in [0.29, 0.717) is 29.5 Å². The largest absolute Gasteiger partial charge is 0.503 e. The van der Waals surface area contributed by atoms with E-state index < -0.39 is 5.91 Å². The van der Waals surface area contributed by atoms with Crippen LogP contribution in [0.3, 0.4) is 0 Å². The number of carbonyl (C=O) groups excluding carboxylic acids is 2. The molecule has 0 unspecified atom stereocenters. The molecule has 3 aromatic rings. The van der Waals surface area contributed by atoms with Crippen LogP contribution >= 0.6 is 11.3 Å². The number of ether oxygens (including phenoxy) is 1. The van der Waals surface area contributed by atoms with Crippen molar-refractivity contribution in [2.45, 2.75) is 12.5 Å². The number of allylic oxidation sites excluding steroid dienone is 1. The third kappa shape index (κ3) is 4.18. The molecule has 4 rings (SSSR count). The maximum absolute atomic E-state index is 12.3. The number of nitrogens with one attached hydrogen (secondary N) is 1. The summed E-state index contributed by atoms with van der Waals surface area (Å²) in [6.07, 6.45) is 3.23. The summed E-state index contributed by atoms with van der Waals surface area (Å²) in [7, 11) is 3.20. The van der Waals surface area contributed by atoms with Crippen molar-refractivity contribution in [1.82, 2.24) is 19.7 Å². The van der Waals surface area contributed by atoms with Gasteiger partial charge in [0.1, 0.15) is 17.6 Å². The van der Waals surface area contributed by atoms with Crippen LogP contribution in [-0.2, 0) is 9.53 Å². The zero-order chi connectivity index (χ0) is 23.5. The summed E-state index contributed by atoms with van der Waals surface area (Å²) in [6.45, 7) is 3.90. The van der Waals surface area contributed by atoms with Gasteiger partial charge in [0.25, 0.3) is 5.91 Å². The number of anilines is 1. The predicted octanol–water partition coefficient (Wildman–Crippen LogP) is 2.48. The predicted molar refractivity (Wildman–Crippen MR) is 127 cm³/mol. The number of thiazole rings is 1. The second-order valence-electron chi connectivity index (χ2n) is 7.22. The van der Waals surface area contributed by atoms with Crippen LogP contribution in [0.5, 0.6) is 0 Å². The number of nitrogens with two attached hydrogens (primary N) is 1. The van der Waals surface area contributed by atoms with Gasteiger partial charge in [-0.15, -0.1) is 11.3 Å².